The molecule has 0 aromatic heterocycles. The van der Waals surface area contributed by atoms with E-state index in [1.807, 2.05) is 12.1 Å². The van der Waals surface area contributed by atoms with Gasteiger partial charge in [-0.05, 0) is 36.6 Å². The van der Waals surface area contributed by atoms with Crippen molar-refractivity contribution in [1.29, 1.82) is 0 Å². The van der Waals surface area contributed by atoms with E-state index in [-0.39, 0.29) is 6.10 Å². The van der Waals surface area contributed by atoms with Crippen molar-refractivity contribution in [2.24, 2.45) is 11.7 Å². The maximum absolute atomic E-state index is 10.9. The van der Waals surface area contributed by atoms with E-state index < -0.39 is 5.91 Å². The number of primary amides is 1. The average Bonchev–Trinajstić information content (AvgIpc) is 2.38. The second kappa shape index (κ2) is 5.98. The Bertz CT molecular complexity index is 403. The number of piperidine rings is 1. The van der Waals surface area contributed by atoms with E-state index in [9.17, 15) is 4.79 Å². The molecule has 4 nitrogen and oxygen atoms in total. The lowest BCUT2D eigenvalue weighted by atomic mass is 9.97. The largest absolute Gasteiger partial charge is 0.372 e. The Kier molecular flexibility index (Phi) is 4.33. The zero-order valence-corrected chi connectivity index (χ0v) is 10.7. The monoisotopic (exact) mass is 248 g/mol. The SMILES string of the molecule is CC1CCNCC1OCc1ccc(C(N)=O)cc1. The maximum atomic E-state index is 10.9. The molecule has 2 atom stereocenters. The van der Waals surface area contributed by atoms with E-state index in [2.05, 4.69) is 12.2 Å². The Morgan fingerprint density at radius 1 is 1.44 bits per heavy atom. The van der Waals surface area contributed by atoms with E-state index >= 15 is 0 Å². The number of hydrogen-bond acceptors (Lipinski definition) is 3. The first-order valence-corrected chi connectivity index (χ1v) is 6.38. The Hall–Kier alpha value is -1.39. The fourth-order valence-corrected chi connectivity index (χ4v) is 2.15. The first-order chi connectivity index (χ1) is 8.66. The molecule has 4 heteroatoms. The summed E-state index contributed by atoms with van der Waals surface area (Å²) in [5, 5.41) is 3.34. The average molecular weight is 248 g/mol. The van der Waals surface area contributed by atoms with Crippen molar-refractivity contribution >= 4 is 5.91 Å². The molecule has 1 saturated heterocycles. The minimum Gasteiger partial charge on any atom is -0.372 e. The standard InChI is InChI=1S/C14H20N2O2/c1-10-6-7-16-8-13(10)18-9-11-2-4-12(5-3-11)14(15)17/h2-5,10,13,16H,6-9H2,1H3,(H2,15,17). The summed E-state index contributed by atoms with van der Waals surface area (Å²) in [6, 6.07) is 7.26. The normalized spacial score (nSPS) is 23.8. The van der Waals surface area contributed by atoms with Gasteiger partial charge in [0.15, 0.2) is 0 Å². The van der Waals surface area contributed by atoms with Gasteiger partial charge < -0.3 is 15.8 Å². The van der Waals surface area contributed by atoms with Crippen LogP contribution < -0.4 is 11.1 Å². The van der Waals surface area contributed by atoms with E-state index in [4.69, 9.17) is 10.5 Å². The van der Waals surface area contributed by atoms with E-state index in [0.29, 0.717) is 18.1 Å². The lowest BCUT2D eigenvalue weighted by Crippen LogP contribution is -2.40. The highest BCUT2D eigenvalue weighted by molar-refractivity contribution is 5.92. The molecule has 98 valence electrons. The van der Waals surface area contributed by atoms with Crippen molar-refractivity contribution in [2.45, 2.75) is 26.1 Å². The molecule has 1 aliphatic heterocycles. The van der Waals surface area contributed by atoms with E-state index in [1.165, 1.54) is 0 Å². The number of carbonyl (C=O) groups is 1. The second-order valence-corrected chi connectivity index (χ2v) is 4.88. The number of amides is 1. The van der Waals surface area contributed by atoms with Gasteiger partial charge in [-0.2, -0.15) is 0 Å². The molecule has 1 aromatic carbocycles. The molecule has 18 heavy (non-hydrogen) atoms. The van der Waals surface area contributed by atoms with Gasteiger partial charge in [0.2, 0.25) is 5.91 Å². The van der Waals surface area contributed by atoms with Gasteiger partial charge in [-0.25, -0.2) is 0 Å². The third kappa shape index (κ3) is 3.31. The molecule has 1 aromatic rings. The fraction of sp³-hybridized carbons (Fsp3) is 0.500. The van der Waals surface area contributed by atoms with Crippen LogP contribution in [0.25, 0.3) is 0 Å². The summed E-state index contributed by atoms with van der Waals surface area (Å²) >= 11 is 0. The van der Waals surface area contributed by atoms with Gasteiger partial charge in [0.1, 0.15) is 0 Å². The Morgan fingerprint density at radius 2 is 2.17 bits per heavy atom. The van der Waals surface area contributed by atoms with Crippen LogP contribution in [-0.2, 0) is 11.3 Å². The maximum Gasteiger partial charge on any atom is 0.248 e. The lowest BCUT2D eigenvalue weighted by Gasteiger charge is -2.29. The summed E-state index contributed by atoms with van der Waals surface area (Å²) in [4.78, 5) is 10.9. The fourth-order valence-electron chi connectivity index (χ4n) is 2.15. The molecule has 3 N–H and O–H groups in total. The van der Waals surface area contributed by atoms with Crippen LogP contribution in [0, 0.1) is 5.92 Å². The predicted molar refractivity (Wildman–Crippen MR) is 70.2 cm³/mol. The molecular weight excluding hydrogens is 228 g/mol. The number of carbonyl (C=O) groups excluding carboxylic acids is 1. The highest BCUT2D eigenvalue weighted by Crippen LogP contribution is 2.16. The minimum atomic E-state index is -0.396. The summed E-state index contributed by atoms with van der Waals surface area (Å²) in [7, 11) is 0. The zero-order valence-electron chi connectivity index (χ0n) is 10.7. The predicted octanol–water partition coefficient (Wildman–Crippen LogP) is 1.30. The molecule has 1 amide bonds. The molecule has 1 aliphatic rings. The van der Waals surface area contributed by atoms with Crippen LogP contribution in [0.5, 0.6) is 0 Å². The van der Waals surface area contributed by atoms with Crippen molar-refractivity contribution in [2.75, 3.05) is 13.1 Å². The van der Waals surface area contributed by atoms with Crippen molar-refractivity contribution in [3.63, 3.8) is 0 Å². The highest BCUT2D eigenvalue weighted by Gasteiger charge is 2.21. The van der Waals surface area contributed by atoms with Gasteiger partial charge in [-0.15, -0.1) is 0 Å². The minimum absolute atomic E-state index is 0.273. The second-order valence-electron chi connectivity index (χ2n) is 4.88. The smallest absolute Gasteiger partial charge is 0.248 e. The van der Waals surface area contributed by atoms with Gasteiger partial charge >= 0.3 is 0 Å². The first-order valence-electron chi connectivity index (χ1n) is 6.38. The quantitative estimate of drug-likeness (QED) is 0.844. The van der Waals surface area contributed by atoms with Crippen LogP contribution in [0.4, 0.5) is 0 Å². The van der Waals surface area contributed by atoms with Crippen molar-refractivity contribution in [3.05, 3.63) is 35.4 Å². The molecule has 1 heterocycles. The summed E-state index contributed by atoms with van der Waals surface area (Å²) in [5.41, 5.74) is 6.80. The Balaban J connectivity index is 1.87. The van der Waals surface area contributed by atoms with E-state index in [0.717, 1.165) is 25.1 Å². The van der Waals surface area contributed by atoms with Gasteiger partial charge in [0.05, 0.1) is 12.7 Å². The van der Waals surface area contributed by atoms with Gasteiger partial charge in [-0.1, -0.05) is 19.1 Å². The Morgan fingerprint density at radius 3 is 2.78 bits per heavy atom. The number of rotatable bonds is 4. The van der Waals surface area contributed by atoms with Crippen LogP contribution in [-0.4, -0.2) is 25.1 Å². The summed E-state index contributed by atoms with van der Waals surface area (Å²) < 4.78 is 5.90. The first kappa shape index (κ1) is 13.1. The van der Waals surface area contributed by atoms with Gasteiger partial charge in [0, 0.05) is 12.1 Å². The molecule has 0 saturated carbocycles. The van der Waals surface area contributed by atoms with Crippen molar-refractivity contribution in [1.82, 2.24) is 5.32 Å². The van der Waals surface area contributed by atoms with Crippen LogP contribution in [0.3, 0.4) is 0 Å². The summed E-state index contributed by atoms with van der Waals surface area (Å²) in [5.74, 6) is 0.198. The van der Waals surface area contributed by atoms with E-state index in [1.54, 1.807) is 12.1 Å². The third-order valence-electron chi connectivity index (χ3n) is 3.46. The summed E-state index contributed by atoms with van der Waals surface area (Å²) in [6.45, 7) is 4.80. The van der Waals surface area contributed by atoms with Gasteiger partial charge in [-0.3, -0.25) is 4.79 Å². The zero-order chi connectivity index (χ0) is 13.0. The molecule has 0 bridgehead atoms. The molecule has 0 spiro atoms. The number of benzene rings is 1. The molecule has 1 fully saturated rings. The molecule has 0 aliphatic carbocycles. The van der Waals surface area contributed by atoms with Crippen LogP contribution in [0.15, 0.2) is 24.3 Å². The molecule has 2 unspecified atom stereocenters. The Labute approximate surface area is 108 Å². The third-order valence-corrected chi connectivity index (χ3v) is 3.46. The number of nitrogens with one attached hydrogen (secondary N) is 1. The summed E-state index contributed by atoms with van der Waals surface area (Å²) in [6.07, 6.45) is 1.43. The van der Waals surface area contributed by atoms with Crippen molar-refractivity contribution < 1.29 is 9.53 Å². The number of hydrogen-bond donors (Lipinski definition) is 2. The lowest BCUT2D eigenvalue weighted by molar-refractivity contribution is -0.00658. The van der Waals surface area contributed by atoms with Gasteiger partial charge in [0.25, 0.3) is 0 Å². The van der Waals surface area contributed by atoms with Crippen LogP contribution >= 0.6 is 0 Å². The highest BCUT2D eigenvalue weighted by atomic mass is 16.5. The van der Waals surface area contributed by atoms with Crippen LogP contribution in [0.2, 0.25) is 0 Å². The van der Waals surface area contributed by atoms with Crippen LogP contribution in [0.1, 0.15) is 29.3 Å². The van der Waals surface area contributed by atoms with Crippen molar-refractivity contribution in [3.8, 4) is 0 Å². The number of nitrogens with two attached hydrogens (primary N) is 1. The molecule has 2 rings (SSSR count). The number of ether oxygens (including phenoxy) is 1. The topological polar surface area (TPSA) is 64.3 Å². The molecule has 0 radical (unpaired) electrons. The molecular formula is C14H20N2O2.